The molecule has 3 aromatic rings. The highest BCUT2D eigenvalue weighted by Gasteiger charge is 2.05. The van der Waals surface area contributed by atoms with Crippen molar-refractivity contribution in [2.45, 2.75) is 13.1 Å². The predicted molar refractivity (Wildman–Crippen MR) is 71.5 cm³/mol. The van der Waals surface area contributed by atoms with Crippen molar-refractivity contribution < 1.29 is 0 Å². The molecule has 0 amide bonds. The maximum atomic E-state index is 6.15. The first-order valence-corrected chi connectivity index (χ1v) is 6.17. The maximum absolute atomic E-state index is 6.15. The van der Waals surface area contributed by atoms with E-state index in [2.05, 4.69) is 30.9 Å². The SMILES string of the molecule is Clc1ccc(CNCc2nn[nH]n2)c2ncccc12. The largest absolute Gasteiger partial charge is 0.306 e. The number of aromatic amines is 1. The standard InChI is InChI=1S/C12H11ClN6/c13-10-4-3-8(12-9(10)2-1-5-15-12)6-14-7-11-16-18-19-17-11/h1-5,14H,6-7H2,(H,16,17,18,19). The first-order chi connectivity index (χ1) is 9.34. The lowest BCUT2D eigenvalue weighted by atomic mass is 10.1. The molecule has 0 radical (unpaired) electrons. The van der Waals surface area contributed by atoms with E-state index in [0.29, 0.717) is 23.9 Å². The quantitative estimate of drug-likeness (QED) is 0.757. The van der Waals surface area contributed by atoms with Crippen molar-refractivity contribution in [2.75, 3.05) is 0 Å². The Kier molecular flexibility index (Phi) is 3.35. The van der Waals surface area contributed by atoms with Gasteiger partial charge in [-0.15, -0.1) is 10.2 Å². The van der Waals surface area contributed by atoms with Crippen LogP contribution in [-0.2, 0) is 13.1 Å². The maximum Gasteiger partial charge on any atom is 0.188 e. The van der Waals surface area contributed by atoms with Crippen LogP contribution in [0.2, 0.25) is 5.02 Å². The van der Waals surface area contributed by atoms with Crippen LogP contribution in [0.15, 0.2) is 30.5 Å². The Bertz CT molecular complexity index is 682. The zero-order chi connectivity index (χ0) is 13.1. The lowest BCUT2D eigenvalue weighted by Crippen LogP contribution is -2.14. The minimum absolute atomic E-state index is 0.549. The van der Waals surface area contributed by atoms with Gasteiger partial charge in [-0.05, 0) is 23.8 Å². The van der Waals surface area contributed by atoms with Crippen molar-refractivity contribution in [1.29, 1.82) is 0 Å². The van der Waals surface area contributed by atoms with E-state index in [0.717, 1.165) is 16.5 Å². The number of hydrogen-bond acceptors (Lipinski definition) is 5. The van der Waals surface area contributed by atoms with E-state index in [4.69, 9.17) is 11.6 Å². The van der Waals surface area contributed by atoms with Crippen LogP contribution in [0.25, 0.3) is 10.9 Å². The summed E-state index contributed by atoms with van der Waals surface area (Å²) in [4.78, 5) is 4.38. The molecule has 19 heavy (non-hydrogen) atoms. The minimum Gasteiger partial charge on any atom is -0.306 e. The Balaban J connectivity index is 1.79. The molecule has 7 heteroatoms. The first-order valence-electron chi connectivity index (χ1n) is 5.80. The van der Waals surface area contributed by atoms with Crippen LogP contribution in [0.3, 0.4) is 0 Å². The third kappa shape index (κ3) is 2.54. The van der Waals surface area contributed by atoms with E-state index in [-0.39, 0.29) is 0 Å². The Labute approximate surface area is 114 Å². The number of pyridine rings is 1. The number of rotatable bonds is 4. The van der Waals surface area contributed by atoms with Crippen molar-refractivity contribution in [2.24, 2.45) is 0 Å². The molecule has 0 spiro atoms. The van der Waals surface area contributed by atoms with Gasteiger partial charge < -0.3 is 5.32 Å². The zero-order valence-electron chi connectivity index (χ0n) is 9.97. The van der Waals surface area contributed by atoms with Gasteiger partial charge in [0.1, 0.15) is 0 Å². The van der Waals surface area contributed by atoms with Gasteiger partial charge in [0, 0.05) is 23.2 Å². The van der Waals surface area contributed by atoms with E-state index < -0.39 is 0 Å². The summed E-state index contributed by atoms with van der Waals surface area (Å²) in [6.07, 6.45) is 1.77. The smallest absolute Gasteiger partial charge is 0.188 e. The summed E-state index contributed by atoms with van der Waals surface area (Å²) in [5.74, 6) is 0.631. The van der Waals surface area contributed by atoms with E-state index in [1.165, 1.54) is 0 Å². The molecule has 3 rings (SSSR count). The molecule has 0 unspecified atom stereocenters. The minimum atomic E-state index is 0.549. The fourth-order valence-corrected chi connectivity index (χ4v) is 2.12. The van der Waals surface area contributed by atoms with Gasteiger partial charge in [0.15, 0.2) is 5.82 Å². The third-order valence-electron chi connectivity index (χ3n) is 2.79. The van der Waals surface area contributed by atoms with Gasteiger partial charge >= 0.3 is 0 Å². The molecule has 0 atom stereocenters. The van der Waals surface area contributed by atoms with Crippen LogP contribution in [0.1, 0.15) is 11.4 Å². The van der Waals surface area contributed by atoms with Crippen molar-refractivity contribution >= 4 is 22.5 Å². The molecular formula is C12H11ClN6. The fraction of sp³-hybridized carbons (Fsp3) is 0.167. The van der Waals surface area contributed by atoms with Crippen LogP contribution < -0.4 is 5.32 Å². The molecule has 2 N–H and O–H groups in total. The predicted octanol–water partition coefficient (Wildman–Crippen LogP) is 1.69. The molecule has 0 bridgehead atoms. The van der Waals surface area contributed by atoms with Gasteiger partial charge in [-0.25, -0.2) is 0 Å². The van der Waals surface area contributed by atoms with Crippen molar-refractivity contribution in [3.8, 4) is 0 Å². The molecule has 0 aliphatic heterocycles. The van der Waals surface area contributed by atoms with Gasteiger partial charge in [-0.2, -0.15) is 5.21 Å². The number of aromatic nitrogens is 5. The summed E-state index contributed by atoms with van der Waals surface area (Å²) >= 11 is 6.15. The van der Waals surface area contributed by atoms with E-state index in [1.807, 2.05) is 24.3 Å². The van der Waals surface area contributed by atoms with Crippen LogP contribution in [0, 0.1) is 0 Å². The molecular weight excluding hydrogens is 264 g/mol. The Morgan fingerprint density at radius 3 is 3.00 bits per heavy atom. The fourth-order valence-electron chi connectivity index (χ4n) is 1.91. The van der Waals surface area contributed by atoms with Crippen LogP contribution in [-0.4, -0.2) is 25.6 Å². The lowest BCUT2D eigenvalue weighted by molar-refractivity contribution is 0.665. The summed E-state index contributed by atoms with van der Waals surface area (Å²) in [6, 6.07) is 7.70. The molecule has 2 heterocycles. The normalized spacial score (nSPS) is 11.0. The van der Waals surface area contributed by atoms with Crippen LogP contribution in [0.5, 0.6) is 0 Å². The monoisotopic (exact) mass is 274 g/mol. The molecule has 96 valence electrons. The second kappa shape index (κ2) is 5.29. The topological polar surface area (TPSA) is 79.4 Å². The Morgan fingerprint density at radius 2 is 2.16 bits per heavy atom. The number of hydrogen-bond donors (Lipinski definition) is 2. The number of nitrogens with one attached hydrogen (secondary N) is 2. The van der Waals surface area contributed by atoms with E-state index >= 15 is 0 Å². The summed E-state index contributed by atoms with van der Waals surface area (Å²) in [5, 5.41) is 18.6. The Hall–Kier alpha value is -2.05. The molecule has 0 saturated heterocycles. The number of H-pyrrole nitrogens is 1. The van der Waals surface area contributed by atoms with Crippen LogP contribution in [0.4, 0.5) is 0 Å². The average molecular weight is 275 g/mol. The second-order valence-electron chi connectivity index (χ2n) is 4.04. The number of nitrogens with zero attached hydrogens (tertiary/aromatic N) is 4. The molecule has 2 aromatic heterocycles. The molecule has 0 aliphatic carbocycles. The van der Waals surface area contributed by atoms with Gasteiger partial charge in [0.2, 0.25) is 0 Å². The average Bonchev–Trinajstić information content (AvgIpc) is 2.95. The summed E-state index contributed by atoms with van der Waals surface area (Å²) in [6.45, 7) is 1.21. The molecule has 0 saturated carbocycles. The van der Waals surface area contributed by atoms with Crippen molar-refractivity contribution in [1.82, 2.24) is 30.9 Å². The molecule has 0 aliphatic rings. The number of tetrazole rings is 1. The molecule has 0 fully saturated rings. The van der Waals surface area contributed by atoms with Gasteiger partial charge in [0.25, 0.3) is 0 Å². The summed E-state index contributed by atoms with van der Waals surface area (Å²) in [7, 11) is 0. The molecule has 1 aromatic carbocycles. The van der Waals surface area contributed by atoms with Crippen molar-refractivity contribution in [3.63, 3.8) is 0 Å². The summed E-state index contributed by atoms with van der Waals surface area (Å²) < 4.78 is 0. The van der Waals surface area contributed by atoms with Gasteiger partial charge in [0.05, 0.1) is 12.1 Å². The van der Waals surface area contributed by atoms with Crippen molar-refractivity contribution in [3.05, 3.63) is 46.9 Å². The lowest BCUT2D eigenvalue weighted by Gasteiger charge is -2.07. The van der Waals surface area contributed by atoms with Gasteiger partial charge in [-0.3, -0.25) is 4.98 Å². The first kappa shape index (κ1) is 12.0. The number of fused-ring (bicyclic) bond motifs is 1. The highest BCUT2D eigenvalue weighted by atomic mass is 35.5. The van der Waals surface area contributed by atoms with Crippen LogP contribution >= 0.6 is 11.6 Å². The third-order valence-corrected chi connectivity index (χ3v) is 3.12. The summed E-state index contributed by atoms with van der Waals surface area (Å²) in [5.41, 5.74) is 2.00. The highest BCUT2D eigenvalue weighted by molar-refractivity contribution is 6.35. The van der Waals surface area contributed by atoms with Gasteiger partial charge in [-0.1, -0.05) is 22.9 Å². The zero-order valence-corrected chi connectivity index (χ0v) is 10.7. The second-order valence-corrected chi connectivity index (χ2v) is 4.44. The highest BCUT2D eigenvalue weighted by Crippen LogP contribution is 2.24. The van der Waals surface area contributed by atoms with E-state index in [9.17, 15) is 0 Å². The number of halogens is 1. The molecule has 6 nitrogen and oxygen atoms in total. The number of benzene rings is 1. The van der Waals surface area contributed by atoms with E-state index in [1.54, 1.807) is 6.20 Å². The Morgan fingerprint density at radius 1 is 1.21 bits per heavy atom.